The molecule has 0 radical (unpaired) electrons. The third-order valence-corrected chi connectivity index (χ3v) is 4.83. The molecule has 152 valence electrons. The summed E-state index contributed by atoms with van der Waals surface area (Å²) in [6.45, 7) is 5.20. The second-order valence-electron chi connectivity index (χ2n) is 7.41. The van der Waals surface area contributed by atoms with E-state index in [0.29, 0.717) is 16.8 Å². The van der Waals surface area contributed by atoms with Crippen molar-refractivity contribution in [1.82, 2.24) is 0 Å². The topological polar surface area (TPSA) is 54.5 Å². The number of anilines is 1. The van der Waals surface area contributed by atoms with Crippen LogP contribution in [0.25, 0.3) is 0 Å². The van der Waals surface area contributed by atoms with Gasteiger partial charge in [0, 0.05) is 0 Å². The lowest BCUT2D eigenvalue weighted by molar-refractivity contribution is -0.115. The summed E-state index contributed by atoms with van der Waals surface area (Å²) in [4.78, 5) is 35.8. The van der Waals surface area contributed by atoms with Gasteiger partial charge in [-0.25, -0.2) is 4.90 Å². The highest BCUT2D eigenvalue weighted by Gasteiger charge is 2.36. The molecule has 1 aliphatic heterocycles. The van der Waals surface area contributed by atoms with Crippen molar-refractivity contribution in [2.75, 3.05) is 4.90 Å². The Balaban J connectivity index is 0.000000589. The highest BCUT2D eigenvalue weighted by molar-refractivity contribution is 6.34. The lowest BCUT2D eigenvalue weighted by atomic mass is 10.0. The van der Waals surface area contributed by atoms with Crippen molar-refractivity contribution >= 4 is 23.3 Å². The van der Waals surface area contributed by atoms with Crippen molar-refractivity contribution in [2.24, 2.45) is 0 Å². The third-order valence-electron chi connectivity index (χ3n) is 4.83. The summed E-state index contributed by atoms with van der Waals surface area (Å²) >= 11 is 0. The van der Waals surface area contributed by atoms with Crippen molar-refractivity contribution in [2.45, 2.75) is 33.6 Å². The highest BCUT2D eigenvalue weighted by atomic mass is 16.2. The summed E-state index contributed by atoms with van der Waals surface area (Å²) in [6.07, 6.45) is 1.86. The van der Waals surface area contributed by atoms with Crippen LogP contribution in [0.3, 0.4) is 0 Å². The Morgan fingerprint density at radius 3 is 1.53 bits per heavy atom. The van der Waals surface area contributed by atoms with E-state index in [1.54, 1.807) is 24.3 Å². The van der Waals surface area contributed by atoms with Crippen LogP contribution in [-0.2, 0) is 17.6 Å². The maximum atomic E-state index is 12.5. The van der Waals surface area contributed by atoms with Gasteiger partial charge in [0.1, 0.15) is 5.78 Å². The van der Waals surface area contributed by atoms with Crippen molar-refractivity contribution in [3.8, 4) is 0 Å². The van der Waals surface area contributed by atoms with Crippen molar-refractivity contribution in [3.05, 3.63) is 101 Å². The fourth-order valence-electron chi connectivity index (χ4n) is 3.32. The average molecular weight is 399 g/mol. The summed E-state index contributed by atoms with van der Waals surface area (Å²) in [5.74, 6) is -0.345. The summed E-state index contributed by atoms with van der Waals surface area (Å²) in [7, 11) is 0. The molecular formula is C26H25NO3. The Kier molecular flexibility index (Phi) is 6.58. The summed E-state index contributed by atoms with van der Waals surface area (Å²) in [6, 6.07) is 23.2. The number of nitrogens with zero attached hydrogens (tertiary/aromatic N) is 1. The first-order chi connectivity index (χ1) is 14.4. The molecule has 2 amide bonds. The van der Waals surface area contributed by atoms with Crippen LogP contribution in [0.2, 0.25) is 0 Å². The van der Waals surface area contributed by atoms with E-state index in [2.05, 4.69) is 31.2 Å². The van der Waals surface area contributed by atoms with E-state index in [4.69, 9.17) is 0 Å². The number of Topliss-reactive ketones (excluding diaryl/α,β-unsaturated/α-hetero) is 1. The van der Waals surface area contributed by atoms with Crippen LogP contribution in [0, 0.1) is 0 Å². The molecule has 30 heavy (non-hydrogen) atoms. The van der Waals surface area contributed by atoms with Crippen LogP contribution in [0.1, 0.15) is 58.2 Å². The van der Waals surface area contributed by atoms with E-state index in [1.807, 2.05) is 24.3 Å². The number of aryl methyl sites for hydroxylation is 1. The van der Waals surface area contributed by atoms with Gasteiger partial charge < -0.3 is 4.79 Å². The Bertz CT molecular complexity index is 1030. The molecule has 3 aromatic rings. The largest absolute Gasteiger partial charge is 0.300 e. The molecule has 1 heterocycles. The minimum absolute atomic E-state index is 0.167. The Morgan fingerprint density at radius 2 is 1.10 bits per heavy atom. The average Bonchev–Trinajstić information content (AvgIpc) is 3.00. The minimum Gasteiger partial charge on any atom is -0.300 e. The van der Waals surface area contributed by atoms with Crippen LogP contribution >= 0.6 is 0 Å². The van der Waals surface area contributed by atoms with E-state index in [1.165, 1.54) is 29.9 Å². The van der Waals surface area contributed by atoms with Gasteiger partial charge in [-0.1, -0.05) is 55.5 Å². The smallest absolute Gasteiger partial charge is 0.266 e. The third kappa shape index (κ3) is 4.71. The molecule has 0 fully saturated rings. The van der Waals surface area contributed by atoms with Gasteiger partial charge >= 0.3 is 0 Å². The maximum Gasteiger partial charge on any atom is 0.266 e. The van der Waals surface area contributed by atoms with Gasteiger partial charge in [0.2, 0.25) is 0 Å². The van der Waals surface area contributed by atoms with Crippen molar-refractivity contribution in [3.63, 3.8) is 0 Å². The van der Waals surface area contributed by atoms with Crippen LogP contribution in [0.4, 0.5) is 5.69 Å². The van der Waals surface area contributed by atoms with Gasteiger partial charge in [0.05, 0.1) is 16.8 Å². The molecule has 0 saturated heterocycles. The second kappa shape index (κ2) is 9.31. The number of benzene rings is 3. The number of ketones is 1. The van der Waals surface area contributed by atoms with E-state index >= 15 is 0 Å². The molecule has 3 aromatic carbocycles. The predicted octanol–water partition coefficient (Wildman–Crippen LogP) is 5.24. The monoisotopic (exact) mass is 399 g/mol. The molecule has 0 atom stereocenters. The first-order valence-electron chi connectivity index (χ1n) is 10.0. The number of rotatable bonds is 4. The maximum absolute atomic E-state index is 12.5. The summed E-state index contributed by atoms with van der Waals surface area (Å²) in [5, 5.41) is 0. The molecule has 0 N–H and O–H groups in total. The number of hydrogen-bond acceptors (Lipinski definition) is 3. The molecule has 0 bridgehead atoms. The van der Waals surface area contributed by atoms with E-state index < -0.39 is 0 Å². The predicted molar refractivity (Wildman–Crippen MR) is 119 cm³/mol. The Hall–Kier alpha value is -3.53. The quantitative estimate of drug-likeness (QED) is 0.564. The molecule has 0 aromatic heterocycles. The molecule has 0 aliphatic carbocycles. The SMILES string of the molecule is CC(C)=O.CCc1ccc(Cc2ccc(N3C(=O)c4ccccc4C3=O)cc2)cc1. The first-order valence-corrected chi connectivity index (χ1v) is 10.0. The van der Waals surface area contributed by atoms with Crippen molar-refractivity contribution in [1.29, 1.82) is 0 Å². The zero-order chi connectivity index (χ0) is 21.7. The standard InChI is InChI=1S/C23H19NO2.C3H6O/c1-2-16-7-9-17(10-8-16)15-18-11-13-19(14-12-18)24-22(25)20-5-3-4-6-21(20)23(24)26;1-3(2)4/h3-14H,2,15H2,1H3;1-2H3. The molecule has 0 spiro atoms. The number of amides is 2. The van der Waals surface area contributed by atoms with Gasteiger partial charge in [-0.3, -0.25) is 9.59 Å². The van der Waals surface area contributed by atoms with Gasteiger partial charge in [0.15, 0.2) is 0 Å². The minimum atomic E-state index is -0.256. The van der Waals surface area contributed by atoms with Crippen molar-refractivity contribution < 1.29 is 14.4 Å². The lowest BCUT2D eigenvalue weighted by Gasteiger charge is -2.14. The summed E-state index contributed by atoms with van der Waals surface area (Å²) < 4.78 is 0. The summed E-state index contributed by atoms with van der Waals surface area (Å²) in [5.41, 5.74) is 5.27. The lowest BCUT2D eigenvalue weighted by Crippen LogP contribution is -2.29. The number of fused-ring (bicyclic) bond motifs is 1. The molecule has 4 rings (SSSR count). The van der Waals surface area contributed by atoms with E-state index in [0.717, 1.165) is 18.4 Å². The second-order valence-corrected chi connectivity index (χ2v) is 7.41. The fraction of sp³-hybridized carbons (Fsp3) is 0.192. The van der Waals surface area contributed by atoms with E-state index in [-0.39, 0.29) is 17.6 Å². The molecule has 4 nitrogen and oxygen atoms in total. The molecular weight excluding hydrogens is 374 g/mol. The zero-order valence-electron chi connectivity index (χ0n) is 17.5. The number of hydrogen-bond donors (Lipinski definition) is 0. The van der Waals surface area contributed by atoms with Crippen LogP contribution < -0.4 is 4.90 Å². The number of carbonyl (C=O) groups is 3. The molecule has 0 unspecified atom stereocenters. The number of carbonyl (C=O) groups excluding carboxylic acids is 3. The number of imide groups is 1. The zero-order valence-corrected chi connectivity index (χ0v) is 17.5. The first kappa shape index (κ1) is 21.2. The van der Waals surface area contributed by atoms with Crippen LogP contribution in [0.15, 0.2) is 72.8 Å². The van der Waals surface area contributed by atoms with Crippen LogP contribution in [-0.4, -0.2) is 17.6 Å². The normalized spacial score (nSPS) is 12.3. The van der Waals surface area contributed by atoms with Gasteiger partial charge in [0.25, 0.3) is 11.8 Å². The fourth-order valence-corrected chi connectivity index (χ4v) is 3.32. The molecule has 0 saturated carbocycles. The van der Waals surface area contributed by atoms with E-state index in [9.17, 15) is 14.4 Å². The molecule has 1 aliphatic rings. The van der Waals surface area contributed by atoms with Gasteiger partial charge in [-0.05, 0) is 67.6 Å². The Labute approximate surface area is 177 Å². The van der Waals surface area contributed by atoms with Gasteiger partial charge in [-0.2, -0.15) is 0 Å². The highest BCUT2D eigenvalue weighted by Crippen LogP contribution is 2.28. The van der Waals surface area contributed by atoms with Gasteiger partial charge in [-0.15, -0.1) is 0 Å². The Morgan fingerprint density at radius 1 is 0.700 bits per heavy atom. The molecule has 4 heteroatoms. The van der Waals surface area contributed by atoms with Crippen LogP contribution in [0.5, 0.6) is 0 Å².